The van der Waals surface area contributed by atoms with E-state index in [4.69, 9.17) is 14.2 Å². The minimum Gasteiger partial charge on any atom is -0.454 e. The summed E-state index contributed by atoms with van der Waals surface area (Å²) in [6.07, 6.45) is 0. The third-order valence-electron chi connectivity index (χ3n) is 4.61. The fourth-order valence-corrected chi connectivity index (χ4v) is 3.24. The zero-order chi connectivity index (χ0) is 19.5. The van der Waals surface area contributed by atoms with Gasteiger partial charge < -0.3 is 19.1 Å². The summed E-state index contributed by atoms with van der Waals surface area (Å²) in [7, 11) is 0. The SMILES string of the molecule is CCN(C(=O)COC(=O)c1ccc2c(c1)OCO2)c1cccc2ccccc12. The van der Waals surface area contributed by atoms with Crippen molar-refractivity contribution in [2.24, 2.45) is 0 Å². The molecular weight excluding hydrogens is 358 g/mol. The van der Waals surface area contributed by atoms with E-state index >= 15 is 0 Å². The lowest BCUT2D eigenvalue weighted by Crippen LogP contribution is -2.34. The maximum absolute atomic E-state index is 12.7. The molecule has 0 spiro atoms. The summed E-state index contributed by atoms with van der Waals surface area (Å²) in [6.45, 7) is 2.14. The molecule has 6 heteroatoms. The lowest BCUT2D eigenvalue weighted by atomic mass is 10.1. The molecule has 1 aliphatic heterocycles. The average molecular weight is 377 g/mol. The van der Waals surface area contributed by atoms with Gasteiger partial charge in [0.1, 0.15) is 0 Å². The number of carbonyl (C=O) groups excluding carboxylic acids is 2. The second-order valence-corrected chi connectivity index (χ2v) is 6.28. The van der Waals surface area contributed by atoms with Crippen LogP contribution >= 0.6 is 0 Å². The van der Waals surface area contributed by atoms with E-state index in [0.29, 0.717) is 23.6 Å². The largest absolute Gasteiger partial charge is 0.454 e. The summed E-state index contributed by atoms with van der Waals surface area (Å²) in [5, 5.41) is 2.02. The Balaban J connectivity index is 1.48. The number of amides is 1. The molecule has 3 aromatic rings. The van der Waals surface area contributed by atoms with Crippen LogP contribution in [0.2, 0.25) is 0 Å². The number of benzene rings is 3. The van der Waals surface area contributed by atoms with Gasteiger partial charge in [0.25, 0.3) is 5.91 Å². The van der Waals surface area contributed by atoms with Crippen molar-refractivity contribution in [1.82, 2.24) is 0 Å². The highest BCUT2D eigenvalue weighted by Gasteiger charge is 2.20. The molecular formula is C22H19NO5. The third-order valence-corrected chi connectivity index (χ3v) is 4.61. The van der Waals surface area contributed by atoms with E-state index in [-0.39, 0.29) is 19.3 Å². The quantitative estimate of drug-likeness (QED) is 0.633. The molecule has 28 heavy (non-hydrogen) atoms. The second kappa shape index (κ2) is 7.60. The fourth-order valence-electron chi connectivity index (χ4n) is 3.24. The summed E-state index contributed by atoms with van der Waals surface area (Å²) in [4.78, 5) is 26.7. The Bertz CT molecular complexity index is 1040. The molecule has 3 aromatic carbocycles. The van der Waals surface area contributed by atoms with Crippen molar-refractivity contribution < 1.29 is 23.8 Å². The van der Waals surface area contributed by atoms with E-state index in [1.807, 2.05) is 49.4 Å². The number of hydrogen-bond donors (Lipinski definition) is 0. The van der Waals surface area contributed by atoms with Crippen molar-refractivity contribution in [3.05, 3.63) is 66.2 Å². The Labute approximate surface area is 162 Å². The fraction of sp³-hybridized carbons (Fsp3) is 0.182. The Morgan fingerprint density at radius 3 is 2.64 bits per heavy atom. The van der Waals surface area contributed by atoms with E-state index in [0.717, 1.165) is 16.5 Å². The lowest BCUT2D eigenvalue weighted by molar-refractivity contribution is -0.121. The maximum Gasteiger partial charge on any atom is 0.338 e. The first kappa shape index (κ1) is 17.9. The molecule has 0 bridgehead atoms. The van der Waals surface area contributed by atoms with Gasteiger partial charge in [-0.3, -0.25) is 4.79 Å². The predicted octanol–water partition coefficient (Wildman–Crippen LogP) is 3.78. The van der Waals surface area contributed by atoms with Crippen LogP contribution in [-0.4, -0.2) is 31.8 Å². The number of fused-ring (bicyclic) bond motifs is 2. The zero-order valence-electron chi connectivity index (χ0n) is 15.4. The topological polar surface area (TPSA) is 65.1 Å². The first-order chi connectivity index (χ1) is 13.7. The number of ether oxygens (including phenoxy) is 3. The highest BCUT2D eigenvalue weighted by atomic mass is 16.7. The van der Waals surface area contributed by atoms with Gasteiger partial charge in [-0.05, 0) is 36.6 Å². The number of esters is 1. The van der Waals surface area contributed by atoms with Gasteiger partial charge in [0.15, 0.2) is 18.1 Å². The first-order valence-electron chi connectivity index (χ1n) is 9.02. The molecule has 1 heterocycles. The van der Waals surface area contributed by atoms with Crippen molar-refractivity contribution in [3.63, 3.8) is 0 Å². The normalized spacial score (nSPS) is 12.0. The van der Waals surface area contributed by atoms with Crippen LogP contribution in [0.5, 0.6) is 11.5 Å². The van der Waals surface area contributed by atoms with Crippen molar-refractivity contribution >= 4 is 28.3 Å². The maximum atomic E-state index is 12.7. The molecule has 0 aromatic heterocycles. The molecule has 1 aliphatic rings. The predicted molar refractivity (Wildman–Crippen MR) is 105 cm³/mol. The van der Waals surface area contributed by atoms with Crippen LogP contribution in [0, 0.1) is 0 Å². The van der Waals surface area contributed by atoms with E-state index in [1.54, 1.807) is 23.1 Å². The Kier molecular flexibility index (Phi) is 4.85. The molecule has 6 nitrogen and oxygen atoms in total. The molecule has 0 saturated heterocycles. The van der Waals surface area contributed by atoms with Gasteiger partial charge in [-0.2, -0.15) is 0 Å². The summed E-state index contributed by atoms with van der Waals surface area (Å²) in [5.74, 6) is 0.209. The summed E-state index contributed by atoms with van der Waals surface area (Å²) < 4.78 is 15.7. The molecule has 0 fully saturated rings. The Morgan fingerprint density at radius 2 is 1.79 bits per heavy atom. The highest BCUT2D eigenvalue weighted by molar-refractivity contribution is 6.04. The van der Waals surface area contributed by atoms with Crippen LogP contribution in [0.25, 0.3) is 10.8 Å². The monoisotopic (exact) mass is 377 g/mol. The number of nitrogens with zero attached hydrogens (tertiary/aromatic N) is 1. The van der Waals surface area contributed by atoms with Gasteiger partial charge in [0.2, 0.25) is 6.79 Å². The van der Waals surface area contributed by atoms with Crippen molar-refractivity contribution in [3.8, 4) is 11.5 Å². The van der Waals surface area contributed by atoms with Crippen LogP contribution in [0.15, 0.2) is 60.7 Å². The van der Waals surface area contributed by atoms with Gasteiger partial charge >= 0.3 is 5.97 Å². The van der Waals surface area contributed by atoms with Crippen LogP contribution in [-0.2, 0) is 9.53 Å². The van der Waals surface area contributed by atoms with Crippen LogP contribution in [0.3, 0.4) is 0 Å². The van der Waals surface area contributed by atoms with E-state index < -0.39 is 5.97 Å². The molecule has 142 valence electrons. The highest BCUT2D eigenvalue weighted by Crippen LogP contribution is 2.32. The molecule has 0 saturated carbocycles. The molecule has 0 aliphatic carbocycles. The van der Waals surface area contributed by atoms with Crippen molar-refractivity contribution in [1.29, 1.82) is 0 Å². The molecule has 4 rings (SSSR count). The summed E-state index contributed by atoms with van der Waals surface area (Å²) >= 11 is 0. The van der Waals surface area contributed by atoms with Crippen LogP contribution in [0.4, 0.5) is 5.69 Å². The van der Waals surface area contributed by atoms with E-state index in [9.17, 15) is 9.59 Å². The Morgan fingerprint density at radius 1 is 1.00 bits per heavy atom. The third kappa shape index (κ3) is 3.36. The number of rotatable bonds is 5. The molecule has 1 amide bonds. The molecule has 0 unspecified atom stereocenters. The van der Waals surface area contributed by atoms with E-state index in [1.165, 1.54) is 0 Å². The van der Waals surface area contributed by atoms with Gasteiger partial charge in [-0.25, -0.2) is 4.79 Å². The molecule has 0 atom stereocenters. The Hall–Kier alpha value is -3.54. The van der Waals surface area contributed by atoms with Gasteiger partial charge in [-0.1, -0.05) is 36.4 Å². The average Bonchev–Trinajstić information content (AvgIpc) is 3.20. The minimum atomic E-state index is -0.583. The number of hydrogen-bond acceptors (Lipinski definition) is 5. The number of likely N-dealkylation sites (N-methyl/N-ethyl adjacent to an activating group) is 1. The zero-order valence-corrected chi connectivity index (χ0v) is 15.4. The second-order valence-electron chi connectivity index (χ2n) is 6.28. The first-order valence-corrected chi connectivity index (χ1v) is 9.02. The standard InChI is InChI=1S/C22H19NO5/c1-2-23(18-9-5-7-15-6-3-4-8-17(15)18)21(24)13-26-22(25)16-10-11-19-20(12-16)28-14-27-19/h3-12H,2,13-14H2,1H3. The van der Waals surface area contributed by atoms with Crippen LogP contribution in [0.1, 0.15) is 17.3 Å². The van der Waals surface area contributed by atoms with Gasteiger partial charge in [-0.15, -0.1) is 0 Å². The molecule has 0 N–H and O–H groups in total. The summed E-state index contributed by atoms with van der Waals surface area (Å²) in [5.41, 5.74) is 1.11. The van der Waals surface area contributed by atoms with Crippen LogP contribution < -0.4 is 14.4 Å². The van der Waals surface area contributed by atoms with Gasteiger partial charge in [0, 0.05) is 11.9 Å². The number of carbonyl (C=O) groups is 2. The van der Waals surface area contributed by atoms with Gasteiger partial charge in [0.05, 0.1) is 11.3 Å². The van der Waals surface area contributed by atoms with E-state index in [2.05, 4.69) is 0 Å². The van der Waals surface area contributed by atoms with Crippen molar-refractivity contribution in [2.75, 3.05) is 24.8 Å². The summed E-state index contributed by atoms with van der Waals surface area (Å²) in [6, 6.07) is 18.4. The minimum absolute atomic E-state index is 0.128. The lowest BCUT2D eigenvalue weighted by Gasteiger charge is -2.22. The molecule has 0 radical (unpaired) electrons. The van der Waals surface area contributed by atoms with Crippen molar-refractivity contribution in [2.45, 2.75) is 6.92 Å². The smallest absolute Gasteiger partial charge is 0.338 e. The number of anilines is 1.